The molecule has 112 valence electrons. The molecule has 2 rings (SSSR count). The van der Waals surface area contributed by atoms with Crippen LogP contribution < -0.4 is 10.6 Å². The van der Waals surface area contributed by atoms with Crippen LogP contribution in [0.4, 0.5) is 0 Å². The fourth-order valence-electron chi connectivity index (χ4n) is 2.29. The Morgan fingerprint density at radius 1 is 1.55 bits per heavy atom. The molecule has 0 spiro atoms. The molecule has 1 aliphatic heterocycles. The molecule has 1 amide bonds. The lowest BCUT2D eigenvalue weighted by Crippen LogP contribution is -2.35. The van der Waals surface area contributed by atoms with E-state index in [1.165, 1.54) is 0 Å². The van der Waals surface area contributed by atoms with Gasteiger partial charge in [-0.15, -0.1) is 0 Å². The summed E-state index contributed by atoms with van der Waals surface area (Å²) in [5, 5.41) is 20.1. The predicted molar refractivity (Wildman–Crippen MR) is 76.6 cm³/mol. The number of nitrogens with zero attached hydrogens (tertiary/aromatic N) is 2. The Balaban J connectivity index is 2.00. The number of aromatic nitrogens is 2. The largest absolute Gasteiger partial charge is 0.391 e. The van der Waals surface area contributed by atoms with Crippen molar-refractivity contribution in [2.75, 3.05) is 19.6 Å². The highest BCUT2D eigenvalue weighted by Crippen LogP contribution is 2.21. The van der Waals surface area contributed by atoms with Gasteiger partial charge in [0.15, 0.2) is 0 Å². The van der Waals surface area contributed by atoms with E-state index in [1.807, 2.05) is 6.07 Å². The molecule has 3 N–H and O–H groups in total. The first-order valence-corrected chi connectivity index (χ1v) is 7.00. The van der Waals surface area contributed by atoms with Gasteiger partial charge in [0.05, 0.1) is 11.8 Å². The summed E-state index contributed by atoms with van der Waals surface area (Å²) < 4.78 is 1.61. The Morgan fingerprint density at radius 2 is 2.25 bits per heavy atom. The fraction of sp³-hybridized carbons (Fsp3) is 0.714. The van der Waals surface area contributed by atoms with E-state index in [2.05, 4.69) is 36.5 Å². The first-order chi connectivity index (χ1) is 9.29. The van der Waals surface area contributed by atoms with Crippen LogP contribution in [0.2, 0.25) is 0 Å². The quantitative estimate of drug-likeness (QED) is 0.730. The van der Waals surface area contributed by atoms with Crippen molar-refractivity contribution in [1.82, 2.24) is 20.4 Å². The van der Waals surface area contributed by atoms with Crippen LogP contribution in [-0.2, 0) is 12.5 Å². The zero-order valence-corrected chi connectivity index (χ0v) is 12.6. The van der Waals surface area contributed by atoms with Gasteiger partial charge in [-0.25, -0.2) is 0 Å². The van der Waals surface area contributed by atoms with Crippen LogP contribution >= 0.6 is 0 Å². The van der Waals surface area contributed by atoms with Crippen LogP contribution in [0.1, 0.15) is 37.0 Å². The summed E-state index contributed by atoms with van der Waals surface area (Å²) in [5.41, 5.74) is 1.37. The molecular weight excluding hydrogens is 256 g/mol. The number of hydrogen-bond donors (Lipinski definition) is 3. The van der Waals surface area contributed by atoms with E-state index in [4.69, 9.17) is 0 Å². The van der Waals surface area contributed by atoms with Crippen molar-refractivity contribution in [2.45, 2.75) is 32.3 Å². The van der Waals surface area contributed by atoms with Crippen molar-refractivity contribution in [3.05, 3.63) is 17.5 Å². The summed E-state index contributed by atoms with van der Waals surface area (Å²) in [6.45, 7) is 8.01. The van der Waals surface area contributed by atoms with Gasteiger partial charge in [-0.3, -0.25) is 9.48 Å². The summed E-state index contributed by atoms with van der Waals surface area (Å²) in [6, 6.07) is 1.83. The van der Waals surface area contributed by atoms with Crippen LogP contribution in [0.3, 0.4) is 0 Å². The molecule has 20 heavy (non-hydrogen) atoms. The molecule has 0 aromatic carbocycles. The Labute approximate surface area is 119 Å². The van der Waals surface area contributed by atoms with Gasteiger partial charge < -0.3 is 15.7 Å². The van der Waals surface area contributed by atoms with Crippen LogP contribution in [-0.4, -0.2) is 46.5 Å². The molecule has 0 aliphatic carbocycles. The van der Waals surface area contributed by atoms with Crippen LogP contribution in [0.25, 0.3) is 0 Å². The zero-order valence-electron chi connectivity index (χ0n) is 12.6. The number of aryl methyl sites for hydroxylation is 1. The third-order valence-corrected chi connectivity index (χ3v) is 3.71. The molecule has 2 unspecified atom stereocenters. The first kappa shape index (κ1) is 15.0. The number of aliphatic hydroxyl groups excluding tert-OH is 1. The number of carbonyl (C=O) groups is 1. The summed E-state index contributed by atoms with van der Waals surface area (Å²) in [6.07, 6.45) is -0.382. The smallest absolute Gasteiger partial charge is 0.269 e. The van der Waals surface area contributed by atoms with E-state index >= 15 is 0 Å². The van der Waals surface area contributed by atoms with Gasteiger partial charge in [0.1, 0.15) is 5.69 Å². The average molecular weight is 280 g/mol. The van der Waals surface area contributed by atoms with E-state index < -0.39 is 0 Å². The molecule has 1 saturated heterocycles. The topological polar surface area (TPSA) is 79.2 Å². The van der Waals surface area contributed by atoms with Gasteiger partial charge in [-0.2, -0.15) is 5.10 Å². The van der Waals surface area contributed by atoms with Crippen molar-refractivity contribution < 1.29 is 9.90 Å². The summed E-state index contributed by atoms with van der Waals surface area (Å²) in [4.78, 5) is 12.2. The Hall–Kier alpha value is -1.40. The normalized spacial score (nSPS) is 23.1. The maximum Gasteiger partial charge on any atom is 0.269 e. The summed E-state index contributed by atoms with van der Waals surface area (Å²) >= 11 is 0. The van der Waals surface area contributed by atoms with Crippen molar-refractivity contribution in [3.8, 4) is 0 Å². The Kier molecular flexibility index (Phi) is 4.15. The lowest BCUT2D eigenvalue weighted by molar-refractivity contribution is 0.0918. The molecular formula is C14H24N4O2. The SMILES string of the molecule is Cn1nc(C(C)(C)C)cc1C(=O)NCC1CNCC1O. The van der Waals surface area contributed by atoms with Crippen molar-refractivity contribution in [1.29, 1.82) is 0 Å². The molecule has 1 fully saturated rings. The van der Waals surface area contributed by atoms with E-state index in [0.29, 0.717) is 18.8 Å². The third-order valence-electron chi connectivity index (χ3n) is 3.71. The number of β-amino-alcohol motifs (C(OH)–C–C–N with tert-alkyl or cyclic N) is 1. The minimum atomic E-state index is -0.382. The molecule has 1 aromatic heterocycles. The second kappa shape index (κ2) is 5.54. The lowest BCUT2D eigenvalue weighted by Gasteiger charge is -2.14. The molecule has 6 nitrogen and oxygen atoms in total. The van der Waals surface area contributed by atoms with E-state index in [1.54, 1.807) is 11.7 Å². The number of hydrogen-bond acceptors (Lipinski definition) is 4. The van der Waals surface area contributed by atoms with Gasteiger partial charge in [0.2, 0.25) is 0 Å². The van der Waals surface area contributed by atoms with Crippen molar-refractivity contribution >= 4 is 5.91 Å². The minimum absolute atomic E-state index is 0.0780. The highest BCUT2D eigenvalue weighted by atomic mass is 16.3. The highest BCUT2D eigenvalue weighted by Gasteiger charge is 2.26. The molecule has 2 heterocycles. The van der Waals surface area contributed by atoms with Gasteiger partial charge in [-0.05, 0) is 6.07 Å². The number of amides is 1. The predicted octanol–water partition coefficient (Wildman–Crippen LogP) is 0.0277. The van der Waals surface area contributed by atoms with Crippen LogP contribution in [0.5, 0.6) is 0 Å². The summed E-state index contributed by atoms with van der Waals surface area (Å²) in [5.74, 6) is -0.0659. The van der Waals surface area contributed by atoms with E-state index in [9.17, 15) is 9.90 Å². The third kappa shape index (κ3) is 3.19. The molecule has 0 radical (unpaired) electrons. The Bertz CT molecular complexity index is 490. The Morgan fingerprint density at radius 3 is 2.75 bits per heavy atom. The van der Waals surface area contributed by atoms with Crippen molar-refractivity contribution in [3.63, 3.8) is 0 Å². The highest BCUT2D eigenvalue weighted by molar-refractivity contribution is 5.92. The standard InChI is InChI=1S/C14H24N4O2/c1-14(2,3)12-5-10(18(4)17-12)13(20)16-7-9-6-15-8-11(9)19/h5,9,11,15,19H,6-8H2,1-4H3,(H,16,20). The first-order valence-electron chi connectivity index (χ1n) is 7.00. The maximum atomic E-state index is 12.2. The summed E-state index contributed by atoms with van der Waals surface area (Å²) in [7, 11) is 1.77. The number of nitrogens with one attached hydrogen (secondary N) is 2. The minimum Gasteiger partial charge on any atom is -0.391 e. The average Bonchev–Trinajstić information content (AvgIpc) is 2.92. The second-order valence-corrected chi connectivity index (χ2v) is 6.48. The molecule has 1 aliphatic rings. The number of rotatable bonds is 3. The van der Waals surface area contributed by atoms with E-state index in [-0.39, 0.29) is 23.3 Å². The zero-order chi connectivity index (χ0) is 14.9. The van der Waals surface area contributed by atoms with Gasteiger partial charge in [0, 0.05) is 38.0 Å². The van der Waals surface area contributed by atoms with E-state index in [0.717, 1.165) is 12.2 Å². The monoisotopic (exact) mass is 280 g/mol. The van der Waals surface area contributed by atoms with Gasteiger partial charge in [0.25, 0.3) is 5.91 Å². The second-order valence-electron chi connectivity index (χ2n) is 6.48. The lowest BCUT2D eigenvalue weighted by atomic mass is 9.92. The molecule has 0 saturated carbocycles. The molecule has 0 bridgehead atoms. The van der Waals surface area contributed by atoms with Crippen LogP contribution in [0, 0.1) is 5.92 Å². The molecule has 2 atom stereocenters. The fourth-order valence-corrected chi connectivity index (χ4v) is 2.29. The van der Waals surface area contributed by atoms with Gasteiger partial charge >= 0.3 is 0 Å². The van der Waals surface area contributed by atoms with Crippen LogP contribution in [0.15, 0.2) is 6.07 Å². The van der Waals surface area contributed by atoms with Crippen molar-refractivity contribution in [2.24, 2.45) is 13.0 Å². The number of aliphatic hydroxyl groups is 1. The van der Waals surface area contributed by atoms with Gasteiger partial charge in [-0.1, -0.05) is 20.8 Å². The molecule has 1 aromatic rings. The molecule has 6 heteroatoms. The maximum absolute atomic E-state index is 12.2. The number of carbonyl (C=O) groups excluding carboxylic acids is 1.